The number of hydrogen-bond donors (Lipinski definition) is 3. The summed E-state index contributed by atoms with van der Waals surface area (Å²) in [7, 11) is 0. The minimum absolute atomic E-state index is 0.0502. The van der Waals surface area contributed by atoms with Gasteiger partial charge < -0.3 is 19.8 Å². The van der Waals surface area contributed by atoms with Gasteiger partial charge in [-0.25, -0.2) is 0 Å². The Labute approximate surface area is 122 Å². The standard InChI is InChI=1S/C14H18N2O3S/c1-8(2)10(5-6-17)15-13(18)9-3-4-11-12(7-9)19-14(20)16-11/h3-4,7-8,10,17H,5-6H2,1-2H3,(H,15,18)(H,16,20). The molecule has 0 aliphatic carbocycles. The number of rotatable bonds is 5. The zero-order chi connectivity index (χ0) is 14.7. The zero-order valence-electron chi connectivity index (χ0n) is 11.5. The van der Waals surface area contributed by atoms with Gasteiger partial charge in [0.15, 0.2) is 5.58 Å². The van der Waals surface area contributed by atoms with E-state index in [0.717, 1.165) is 5.52 Å². The van der Waals surface area contributed by atoms with Gasteiger partial charge in [-0.15, -0.1) is 0 Å². The maximum atomic E-state index is 12.2. The number of carbonyl (C=O) groups is 1. The molecule has 5 nitrogen and oxygen atoms in total. The Kier molecular flexibility index (Phi) is 4.57. The fraction of sp³-hybridized carbons (Fsp3) is 0.429. The Hall–Kier alpha value is -1.66. The Balaban J connectivity index is 2.19. The first-order chi connectivity index (χ1) is 9.51. The van der Waals surface area contributed by atoms with Crippen molar-refractivity contribution >= 4 is 29.2 Å². The predicted octanol–water partition coefficient (Wildman–Crippen LogP) is 2.63. The van der Waals surface area contributed by atoms with Crippen molar-refractivity contribution in [1.82, 2.24) is 10.3 Å². The van der Waals surface area contributed by atoms with Crippen molar-refractivity contribution in [3.05, 3.63) is 28.6 Å². The molecule has 1 aromatic carbocycles. The molecule has 0 spiro atoms. The first kappa shape index (κ1) is 14.7. The molecule has 0 fully saturated rings. The van der Waals surface area contributed by atoms with Gasteiger partial charge in [0, 0.05) is 18.2 Å². The van der Waals surface area contributed by atoms with Gasteiger partial charge in [0.1, 0.15) is 0 Å². The number of amides is 1. The molecule has 6 heteroatoms. The quantitative estimate of drug-likeness (QED) is 0.741. The van der Waals surface area contributed by atoms with E-state index in [9.17, 15) is 4.79 Å². The molecule has 3 N–H and O–H groups in total. The summed E-state index contributed by atoms with van der Waals surface area (Å²) in [6, 6.07) is 5.09. The molecule has 1 heterocycles. The van der Waals surface area contributed by atoms with Crippen molar-refractivity contribution in [2.45, 2.75) is 26.3 Å². The normalized spacial score (nSPS) is 12.8. The summed E-state index contributed by atoms with van der Waals surface area (Å²) >= 11 is 4.91. The van der Waals surface area contributed by atoms with E-state index in [4.69, 9.17) is 21.7 Å². The van der Waals surface area contributed by atoms with Crippen LogP contribution in [-0.4, -0.2) is 28.6 Å². The van der Waals surface area contributed by atoms with Crippen LogP contribution < -0.4 is 5.32 Å². The lowest BCUT2D eigenvalue weighted by molar-refractivity contribution is 0.0916. The summed E-state index contributed by atoms with van der Waals surface area (Å²) in [5.41, 5.74) is 1.84. The van der Waals surface area contributed by atoms with Crippen LogP contribution in [0.1, 0.15) is 30.6 Å². The van der Waals surface area contributed by atoms with Crippen molar-refractivity contribution in [2.75, 3.05) is 6.61 Å². The molecule has 1 unspecified atom stereocenters. The van der Waals surface area contributed by atoms with Crippen LogP contribution in [0.2, 0.25) is 0 Å². The number of H-pyrrole nitrogens is 1. The van der Waals surface area contributed by atoms with Gasteiger partial charge >= 0.3 is 0 Å². The molecule has 0 radical (unpaired) electrons. The van der Waals surface area contributed by atoms with E-state index in [1.165, 1.54) is 0 Å². The van der Waals surface area contributed by atoms with E-state index < -0.39 is 0 Å². The Morgan fingerprint density at radius 2 is 2.25 bits per heavy atom. The molecule has 0 saturated heterocycles. The highest BCUT2D eigenvalue weighted by atomic mass is 32.1. The second-order valence-corrected chi connectivity index (χ2v) is 5.43. The van der Waals surface area contributed by atoms with Crippen molar-refractivity contribution in [1.29, 1.82) is 0 Å². The number of oxazole rings is 1. The first-order valence-corrected chi connectivity index (χ1v) is 6.96. The number of aliphatic hydroxyl groups is 1. The van der Waals surface area contributed by atoms with Crippen LogP contribution in [0, 0.1) is 10.8 Å². The van der Waals surface area contributed by atoms with Crippen LogP contribution in [0.5, 0.6) is 0 Å². The van der Waals surface area contributed by atoms with Gasteiger partial charge in [0.25, 0.3) is 10.7 Å². The second-order valence-electron chi connectivity index (χ2n) is 5.06. The van der Waals surface area contributed by atoms with Crippen LogP contribution in [0.25, 0.3) is 11.1 Å². The molecule has 0 aliphatic heterocycles. The minimum atomic E-state index is -0.179. The zero-order valence-corrected chi connectivity index (χ0v) is 12.3. The molecule has 0 bridgehead atoms. The summed E-state index contributed by atoms with van der Waals surface area (Å²) in [5, 5.41) is 12.0. The minimum Gasteiger partial charge on any atom is -0.429 e. The first-order valence-electron chi connectivity index (χ1n) is 6.56. The van der Waals surface area contributed by atoms with Crippen molar-refractivity contribution < 1.29 is 14.3 Å². The van der Waals surface area contributed by atoms with E-state index in [1.807, 2.05) is 13.8 Å². The monoisotopic (exact) mass is 294 g/mol. The number of aromatic amines is 1. The van der Waals surface area contributed by atoms with Gasteiger partial charge in [0.2, 0.25) is 0 Å². The summed E-state index contributed by atoms with van der Waals surface area (Å²) in [6.07, 6.45) is 0.538. The van der Waals surface area contributed by atoms with Gasteiger partial charge in [-0.3, -0.25) is 4.79 Å². The van der Waals surface area contributed by atoms with Crippen LogP contribution >= 0.6 is 12.2 Å². The number of carbonyl (C=O) groups excluding carboxylic acids is 1. The van der Waals surface area contributed by atoms with Crippen LogP contribution in [0.3, 0.4) is 0 Å². The SMILES string of the molecule is CC(C)C(CCO)NC(=O)c1ccc2[nH]c(=S)oc2c1. The number of nitrogens with one attached hydrogen (secondary N) is 2. The molecule has 20 heavy (non-hydrogen) atoms. The molecule has 2 rings (SSSR count). The van der Waals surface area contributed by atoms with Crippen LogP contribution in [-0.2, 0) is 0 Å². The van der Waals surface area contributed by atoms with Crippen molar-refractivity contribution in [2.24, 2.45) is 5.92 Å². The van der Waals surface area contributed by atoms with E-state index in [0.29, 0.717) is 17.6 Å². The summed E-state index contributed by atoms with van der Waals surface area (Å²) in [5.74, 6) is 0.0763. The largest absolute Gasteiger partial charge is 0.429 e. The molecule has 108 valence electrons. The molecule has 0 aliphatic rings. The number of aliphatic hydroxyl groups excluding tert-OH is 1. The Morgan fingerprint density at radius 1 is 1.50 bits per heavy atom. The lowest BCUT2D eigenvalue weighted by Crippen LogP contribution is -2.39. The second kappa shape index (κ2) is 6.19. The van der Waals surface area contributed by atoms with E-state index >= 15 is 0 Å². The smallest absolute Gasteiger partial charge is 0.266 e. The number of benzene rings is 1. The maximum Gasteiger partial charge on any atom is 0.266 e. The average Bonchev–Trinajstić information content (AvgIpc) is 2.76. The summed E-state index contributed by atoms with van der Waals surface area (Å²) < 4.78 is 5.30. The summed E-state index contributed by atoms with van der Waals surface area (Å²) in [6.45, 7) is 4.07. The number of aromatic nitrogens is 1. The van der Waals surface area contributed by atoms with E-state index in [2.05, 4.69) is 10.3 Å². The number of hydrogen-bond acceptors (Lipinski definition) is 4. The van der Waals surface area contributed by atoms with Crippen molar-refractivity contribution in [3.63, 3.8) is 0 Å². The summed E-state index contributed by atoms with van der Waals surface area (Å²) in [4.78, 5) is 15.4. The third-order valence-electron chi connectivity index (χ3n) is 3.24. The highest BCUT2D eigenvalue weighted by Gasteiger charge is 2.17. The van der Waals surface area contributed by atoms with E-state index in [1.54, 1.807) is 18.2 Å². The average molecular weight is 294 g/mol. The fourth-order valence-electron chi connectivity index (χ4n) is 2.05. The molecule has 2 aromatic rings. The third-order valence-corrected chi connectivity index (χ3v) is 3.43. The van der Waals surface area contributed by atoms with Gasteiger partial charge in [-0.2, -0.15) is 0 Å². The van der Waals surface area contributed by atoms with Gasteiger partial charge in [0.05, 0.1) is 5.52 Å². The number of fused-ring (bicyclic) bond motifs is 1. The highest BCUT2D eigenvalue weighted by molar-refractivity contribution is 7.71. The van der Waals surface area contributed by atoms with Crippen LogP contribution in [0.4, 0.5) is 0 Å². The van der Waals surface area contributed by atoms with Gasteiger partial charge in [-0.05, 0) is 42.8 Å². The molecule has 1 aromatic heterocycles. The lowest BCUT2D eigenvalue weighted by Gasteiger charge is -2.21. The molecular weight excluding hydrogens is 276 g/mol. The molecule has 0 saturated carbocycles. The third kappa shape index (κ3) is 3.26. The Morgan fingerprint density at radius 3 is 2.90 bits per heavy atom. The maximum absolute atomic E-state index is 12.2. The van der Waals surface area contributed by atoms with Crippen LogP contribution in [0.15, 0.2) is 22.6 Å². The van der Waals surface area contributed by atoms with Crippen molar-refractivity contribution in [3.8, 4) is 0 Å². The van der Waals surface area contributed by atoms with Gasteiger partial charge in [-0.1, -0.05) is 13.8 Å². The molecule has 1 amide bonds. The highest BCUT2D eigenvalue weighted by Crippen LogP contribution is 2.16. The molecule has 1 atom stereocenters. The topological polar surface area (TPSA) is 78.3 Å². The van der Waals surface area contributed by atoms with E-state index in [-0.39, 0.29) is 29.3 Å². The molecular formula is C14H18N2O3S. The fourth-order valence-corrected chi connectivity index (χ4v) is 2.25. The predicted molar refractivity (Wildman–Crippen MR) is 79.2 cm³/mol. The lowest BCUT2D eigenvalue weighted by atomic mass is 10.0. The Bertz CT molecular complexity index is 660.